The molecule has 0 aliphatic heterocycles. The predicted octanol–water partition coefficient (Wildman–Crippen LogP) is 4.17. The van der Waals surface area contributed by atoms with Gasteiger partial charge in [0.2, 0.25) is 5.91 Å². The van der Waals surface area contributed by atoms with E-state index in [2.05, 4.69) is 5.32 Å². The highest BCUT2D eigenvalue weighted by Crippen LogP contribution is 2.50. The molecule has 1 heterocycles. The number of amides is 1. The van der Waals surface area contributed by atoms with Gasteiger partial charge in [0.1, 0.15) is 0 Å². The van der Waals surface area contributed by atoms with E-state index in [4.69, 9.17) is 0 Å². The number of hydrogen-bond acceptors (Lipinski definition) is 3. The van der Waals surface area contributed by atoms with Gasteiger partial charge in [-0.2, -0.15) is 0 Å². The number of carbonyl (C=O) groups excluding carboxylic acids is 1. The van der Waals surface area contributed by atoms with Crippen LogP contribution in [0.1, 0.15) is 35.8 Å². The fourth-order valence-electron chi connectivity index (χ4n) is 3.45. The second-order valence-corrected chi connectivity index (χ2v) is 7.64. The van der Waals surface area contributed by atoms with Crippen LogP contribution in [0.3, 0.4) is 0 Å². The minimum absolute atomic E-state index is 0.0973. The lowest BCUT2D eigenvalue weighted by Gasteiger charge is -2.17. The fourth-order valence-corrected chi connectivity index (χ4v) is 4.43. The van der Waals surface area contributed by atoms with Gasteiger partial charge in [-0.05, 0) is 47.0 Å². The van der Waals surface area contributed by atoms with Crippen molar-refractivity contribution in [2.24, 2.45) is 0 Å². The normalized spacial score (nSPS) is 16.5. The Morgan fingerprint density at radius 2 is 1.92 bits per heavy atom. The van der Waals surface area contributed by atoms with E-state index in [0.717, 1.165) is 34.1 Å². The molecule has 1 aromatic heterocycles. The zero-order valence-electron chi connectivity index (χ0n) is 13.9. The first-order chi connectivity index (χ1) is 12.2. The van der Waals surface area contributed by atoms with Crippen molar-refractivity contribution >= 4 is 28.0 Å². The molecule has 2 aromatic carbocycles. The van der Waals surface area contributed by atoms with E-state index in [9.17, 15) is 9.90 Å². The average molecular weight is 351 g/mol. The summed E-state index contributed by atoms with van der Waals surface area (Å²) in [6.45, 7) is 0.482. The Hall–Kier alpha value is -2.17. The standard InChI is InChI=1S/C21H21NO2S/c23-18(17-8-3-6-15-5-1-2-7-16(15)17)10-13-22-20(24)21(11-12-21)19-9-4-14-25-19/h1-9,14,18,23H,10-13H2,(H,22,24). The number of carbonyl (C=O) groups is 1. The third kappa shape index (κ3) is 3.08. The zero-order valence-corrected chi connectivity index (χ0v) is 14.8. The Morgan fingerprint density at radius 1 is 1.12 bits per heavy atom. The summed E-state index contributed by atoms with van der Waals surface area (Å²) in [5.41, 5.74) is 0.616. The molecule has 4 rings (SSSR count). The summed E-state index contributed by atoms with van der Waals surface area (Å²) in [6, 6.07) is 18.1. The first-order valence-corrected chi connectivity index (χ1v) is 9.57. The van der Waals surface area contributed by atoms with Crippen molar-refractivity contribution in [1.29, 1.82) is 0 Å². The molecule has 0 bridgehead atoms. The Morgan fingerprint density at radius 3 is 2.68 bits per heavy atom. The van der Waals surface area contributed by atoms with Crippen molar-refractivity contribution in [2.75, 3.05) is 6.54 Å². The number of thiophene rings is 1. The third-order valence-electron chi connectivity index (χ3n) is 5.06. The van der Waals surface area contributed by atoms with E-state index >= 15 is 0 Å². The van der Waals surface area contributed by atoms with E-state index in [1.54, 1.807) is 11.3 Å². The summed E-state index contributed by atoms with van der Waals surface area (Å²) in [5, 5.41) is 17.8. The van der Waals surface area contributed by atoms with Crippen molar-refractivity contribution < 1.29 is 9.90 Å². The van der Waals surface area contributed by atoms with Gasteiger partial charge in [0, 0.05) is 11.4 Å². The van der Waals surface area contributed by atoms with Crippen molar-refractivity contribution in [2.45, 2.75) is 30.8 Å². The lowest BCUT2D eigenvalue weighted by Crippen LogP contribution is -2.35. The molecule has 25 heavy (non-hydrogen) atoms. The Balaban J connectivity index is 1.39. The smallest absolute Gasteiger partial charge is 0.231 e. The minimum Gasteiger partial charge on any atom is -0.388 e. The molecule has 1 amide bonds. The summed E-state index contributed by atoms with van der Waals surface area (Å²) in [7, 11) is 0. The van der Waals surface area contributed by atoms with Crippen molar-refractivity contribution in [3.8, 4) is 0 Å². The van der Waals surface area contributed by atoms with Crippen LogP contribution in [0.5, 0.6) is 0 Å². The van der Waals surface area contributed by atoms with Crippen molar-refractivity contribution in [3.05, 3.63) is 70.4 Å². The summed E-state index contributed by atoms with van der Waals surface area (Å²) in [5.74, 6) is 0.0973. The maximum atomic E-state index is 12.6. The maximum absolute atomic E-state index is 12.6. The molecule has 0 radical (unpaired) electrons. The first-order valence-electron chi connectivity index (χ1n) is 8.69. The van der Waals surface area contributed by atoms with Gasteiger partial charge in [-0.15, -0.1) is 11.3 Å². The second-order valence-electron chi connectivity index (χ2n) is 6.69. The molecule has 3 aromatic rings. The van der Waals surface area contributed by atoms with Crippen molar-refractivity contribution in [3.63, 3.8) is 0 Å². The van der Waals surface area contributed by atoms with Gasteiger partial charge in [-0.1, -0.05) is 48.5 Å². The third-order valence-corrected chi connectivity index (χ3v) is 6.14. The monoisotopic (exact) mass is 351 g/mol. The van der Waals surface area contributed by atoms with Gasteiger partial charge in [-0.25, -0.2) is 0 Å². The average Bonchev–Trinajstić information content (AvgIpc) is 3.27. The van der Waals surface area contributed by atoms with Crippen LogP contribution in [-0.2, 0) is 10.2 Å². The highest BCUT2D eigenvalue weighted by atomic mass is 32.1. The number of aliphatic hydroxyl groups excluding tert-OH is 1. The van der Waals surface area contributed by atoms with E-state index in [0.29, 0.717) is 13.0 Å². The summed E-state index contributed by atoms with van der Waals surface area (Å²) < 4.78 is 0. The molecular formula is C21H21NO2S. The van der Waals surface area contributed by atoms with Gasteiger partial charge in [0.05, 0.1) is 11.5 Å². The van der Waals surface area contributed by atoms with Crippen molar-refractivity contribution in [1.82, 2.24) is 5.32 Å². The second kappa shape index (κ2) is 6.62. The predicted molar refractivity (Wildman–Crippen MR) is 102 cm³/mol. The molecule has 1 aliphatic rings. The van der Waals surface area contributed by atoms with E-state index < -0.39 is 6.10 Å². The maximum Gasteiger partial charge on any atom is 0.231 e. The summed E-state index contributed by atoms with van der Waals surface area (Å²) in [4.78, 5) is 13.7. The molecule has 0 spiro atoms. The molecule has 1 aliphatic carbocycles. The largest absolute Gasteiger partial charge is 0.388 e. The van der Waals surface area contributed by atoms with Crippen LogP contribution in [0.2, 0.25) is 0 Å². The van der Waals surface area contributed by atoms with Crippen LogP contribution >= 0.6 is 11.3 Å². The molecule has 1 fully saturated rings. The molecule has 0 saturated heterocycles. The van der Waals surface area contributed by atoms with Gasteiger partial charge in [0.25, 0.3) is 0 Å². The lowest BCUT2D eigenvalue weighted by atomic mass is 9.98. The SMILES string of the molecule is O=C(NCCC(O)c1cccc2ccccc12)C1(c2cccs2)CC1. The van der Waals surface area contributed by atoms with Crippen LogP contribution in [0.25, 0.3) is 10.8 Å². The molecule has 1 saturated carbocycles. The Bertz CT molecular complexity index is 879. The van der Waals surface area contributed by atoms with Gasteiger partial charge >= 0.3 is 0 Å². The minimum atomic E-state index is -0.580. The topological polar surface area (TPSA) is 49.3 Å². The molecule has 128 valence electrons. The molecule has 1 unspecified atom stereocenters. The van der Waals surface area contributed by atoms with Crippen LogP contribution in [0, 0.1) is 0 Å². The number of hydrogen-bond donors (Lipinski definition) is 2. The van der Waals surface area contributed by atoms with Gasteiger partial charge < -0.3 is 10.4 Å². The molecular weight excluding hydrogens is 330 g/mol. The number of benzene rings is 2. The van der Waals surface area contributed by atoms with E-state index in [-0.39, 0.29) is 11.3 Å². The quantitative estimate of drug-likeness (QED) is 0.700. The zero-order chi connectivity index (χ0) is 17.3. The Labute approximate surface area is 151 Å². The lowest BCUT2D eigenvalue weighted by molar-refractivity contribution is -0.123. The summed E-state index contributed by atoms with van der Waals surface area (Å²) in [6.07, 6.45) is 1.78. The van der Waals surface area contributed by atoms with Crippen LogP contribution < -0.4 is 5.32 Å². The number of aliphatic hydroxyl groups is 1. The van der Waals surface area contributed by atoms with Gasteiger partial charge in [0.15, 0.2) is 0 Å². The van der Waals surface area contributed by atoms with Gasteiger partial charge in [-0.3, -0.25) is 4.79 Å². The molecule has 2 N–H and O–H groups in total. The van der Waals surface area contributed by atoms with E-state index in [1.165, 1.54) is 0 Å². The number of fused-ring (bicyclic) bond motifs is 1. The highest BCUT2D eigenvalue weighted by Gasteiger charge is 2.51. The molecule has 3 nitrogen and oxygen atoms in total. The van der Waals surface area contributed by atoms with Crippen LogP contribution in [0.15, 0.2) is 60.0 Å². The Kier molecular flexibility index (Phi) is 4.32. The van der Waals surface area contributed by atoms with E-state index in [1.807, 2.05) is 60.0 Å². The van der Waals surface area contributed by atoms with Crippen LogP contribution in [0.4, 0.5) is 0 Å². The number of nitrogens with one attached hydrogen (secondary N) is 1. The first kappa shape index (κ1) is 16.3. The fraction of sp³-hybridized carbons (Fsp3) is 0.286. The summed E-state index contributed by atoms with van der Waals surface area (Å²) >= 11 is 1.65. The highest BCUT2D eigenvalue weighted by molar-refractivity contribution is 7.10. The number of rotatable bonds is 6. The molecule has 4 heteroatoms. The van der Waals surface area contributed by atoms with Crippen LogP contribution in [-0.4, -0.2) is 17.6 Å². The molecule has 1 atom stereocenters.